The van der Waals surface area contributed by atoms with Gasteiger partial charge in [0.1, 0.15) is 5.82 Å². The number of anilines is 1. The van der Waals surface area contributed by atoms with Gasteiger partial charge in [-0.1, -0.05) is 6.07 Å². The van der Waals surface area contributed by atoms with Gasteiger partial charge in [0.25, 0.3) is 0 Å². The minimum Gasteiger partial charge on any atom is -0.478 e. The maximum absolute atomic E-state index is 14.4. The number of halogens is 1. The number of benzene rings is 1. The number of carboxylic acids is 1. The molecule has 1 amide bonds. The number of hydrogen-bond acceptors (Lipinski definition) is 5. The highest BCUT2D eigenvalue weighted by Gasteiger charge is 2.37. The predicted octanol–water partition coefficient (Wildman–Crippen LogP) is 2.16. The van der Waals surface area contributed by atoms with E-state index in [9.17, 15) is 19.1 Å². The fourth-order valence-electron chi connectivity index (χ4n) is 2.88. The Kier molecular flexibility index (Phi) is 4.45. The number of nitrogens with zero attached hydrogens (tertiary/aromatic N) is 1. The van der Waals surface area contributed by atoms with Crippen molar-refractivity contribution >= 4 is 29.5 Å². The summed E-state index contributed by atoms with van der Waals surface area (Å²) in [5.74, 6) is -0.978. The summed E-state index contributed by atoms with van der Waals surface area (Å²) in [6.45, 7) is -0.147. The van der Waals surface area contributed by atoms with Crippen LogP contribution in [0, 0.1) is 5.82 Å². The highest BCUT2D eigenvalue weighted by molar-refractivity contribution is 7.99. The second-order valence-electron chi connectivity index (χ2n) is 5.57. The number of ether oxygens (including phenoxy) is 1. The van der Waals surface area contributed by atoms with Gasteiger partial charge in [0.2, 0.25) is 6.10 Å². The Bertz CT molecular complexity index is 640. The molecular weight excluding hydrogens is 325 g/mol. The number of carboxylic acid groups (broad SMARTS) is 1. The first-order valence-corrected chi connectivity index (χ1v) is 8.30. The first kappa shape index (κ1) is 16.1. The molecule has 2 aliphatic heterocycles. The molecule has 2 fully saturated rings. The molecule has 8 heteroatoms. The van der Waals surface area contributed by atoms with Crippen LogP contribution in [0.25, 0.3) is 0 Å². The van der Waals surface area contributed by atoms with Gasteiger partial charge in [0.15, 0.2) is 0 Å². The number of hydrogen-bond donors (Lipinski definition) is 2. The molecule has 3 atom stereocenters. The lowest BCUT2D eigenvalue weighted by atomic mass is 9.92. The SMILES string of the molecule is O=C(O)[C@H]1CN(c2ccc([C@H]3CCS[C@@H](O)C3)c(F)c2)C(=O)O1. The lowest BCUT2D eigenvalue weighted by Crippen LogP contribution is -2.27. The Hall–Kier alpha value is -1.80. The van der Waals surface area contributed by atoms with E-state index in [4.69, 9.17) is 9.84 Å². The van der Waals surface area contributed by atoms with Crippen LogP contribution in [0.1, 0.15) is 24.3 Å². The molecule has 2 saturated heterocycles. The van der Waals surface area contributed by atoms with Crippen LogP contribution in [0.3, 0.4) is 0 Å². The van der Waals surface area contributed by atoms with Crippen LogP contribution >= 0.6 is 11.8 Å². The summed E-state index contributed by atoms with van der Waals surface area (Å²) >= 11 is 1.46. The van der Waals surface area contributed by atoms with E-state index >= 15 is 0 Å². The number of carbonyl (C=O) groups excluding carboxylic acids is 1. The smallest absolute Gasteiger partial charge is 0.415 e. The van der Waals surface area contributed by atoms with E-state index in [2.05, 4.69) is 0 Å². The molecule has 2 heterocycles. The standard InChI is InChI=1S/C15H16FNO5S/c16-11-6-9(17-7-12(14(19)20)22-15(17)21)1-2-10(11)8-3-4-23-13(18)5-8/h1-2,6,8,12-13,18H,3-5,7H2,(H,19,20)/t8-,12+,13+/m0/s1. The van der Waals surface area contributed by atoms with Crippen molar-refractivity contribution in [2.75, 3.05) is 17.2 Å². The molecule has 23 heavy (non-hydrogen) atoms. The van der Waals surface area contributed by atoms with Gasteiger partial charge in [0, 0.05) is 0 Å². The van der Waals surface area contributed by atoms with E-state index < -0.39 is 29.4 Å². The number of carbonyl (C=O) groups is 2. The molecule has 3 rings (SSSR count). The fourth-order valence-corrected chi connectivity index (χ4v) is 3.94. The van der Waals surface area contributed by atoms with Crippen LogP contribution in [0.5, 0.6) is 0 Å². The molecule has 0 radical (unpaired) electrons. The van der Waals surface area contributed by atoms with Crippen LogP contribution in [0.15, 0.2) is 18.2 Å². The summed E-state index contributed by atoms with van der Waals surface area (Å²) in [4.78, 5) is 23.7. The van der Waals surface area contributed by atoms with E-state index in [0.29, 0.717) is 12.0 Å². The van der Waals surface area contributed by atoms with Gasteiger partial charge in [-0.25, -0.2) is 14.0 Å². The number of cyclic esters (lactones) is 1. The molecule has 0 unspecified atom stereocenters. The summed E-state index contributed by atoms with van der Waals surface area (Å²) in [5.41, 5.74) is 0.291. The molecule has 0 bridgehead atoms. The zero-order valence-corrected chi connectivity index (χ0v) is 13.0. The minimum absolute atomic E-state index is 0.0578. The molecule has 1 aromatic carbocycles. The Morgan fingerprint density at radius 3 is 2.83 bits per heavy atom. The maximum Gasteiger partial charge on any atom is 0.415 e. The second-order valence-corrected chi connectivity index (χ2v) is 6.86. The average Bonchev–Trinajstić information content (AvgIpc) is 2.89. The van der Waals surface area contributed by atoms with E-state index in [1.165, 1.54) is 17.8 Å². The van der Waals surface area contributed by atoms with Gasteiger partial charge < -0.3 is 14.9 Å². The third-order valence-electron chi connectivity index (χ3n) is 4.09. The summed E-state index contributed by atoms with van der Waals surface area (Å²) < 4.78 is 19.1. The maximum atomic E-state index is 14.4. The van der Waals surface area contributed by atoms with E-state index in [1.54, 1.807) is 12.1 Å². The van der Waals surface area contributed by atoms with Crippen LogP contribution in [-0.2, 0) is 9.53 Å². The van der Waals surface area contributed by atoms with Crippen molar-refractivity contribution in [3.8, 4) is 0 Å². The first-order valence-electron chi connectivity index (χ1n) is 7.26. The number of aliphatic carboxylic acids is 1. The van der Waals surface area contributed by atoms with Crippen LogP contribution < -0.4 is 4.90 Å². The normalized spacial score (nSPS) is 27.8. The lowest BCUT2D eigenvalue weighted by molar-refractivity contribution is -0.144. The number of aliphatic hydroxyl groups excluding tert-OH is 1. The molecule has 6 nitrogen and oxygen atoms in total. The molecule has 0 saturated carbocycles. The molecular formula is C15H16FNO5S. The van der Waals surface area contributed by atoms with Gasteiger partial charge in [-0.2, -0.15) is 0 Å². The highest BCUT2D eigenvalue weighted by atomic mass is 32.2. The van der Waals surface area contributed by atoms with E-state index in [-0.39, 0.29) is 18.2 Å². The Morgan fingerprint density at radius 1 is 1.43 bits per heavy atom. The summed E-state index contributed by atoms with van der Waals surface area (Å²) in [6.07, 6.45) is -0.761. The highest BCUT2D eigenvalue weighted by Crippen LogP contribution is 2.37. The quantitative estimate of drug-likeness (QED) is 0.876. The molecule has 124 valence electrons. The third kappa shape index (κ3) is 3.28. The number of thioether (sulfide) groups is 1. The van der Waals surface area contributed by atoms with Crippen LogP contribution in [0.2, 0.25) is 0 Å². The van der Waals surface area contributed by atoms with Crippen molar-refractivity contribution in [2.45, 2.75) is 30.3 Å². The largest absolute Gasteiger partial charge is 0.478 e. The molecule has 2 aliphatic rings. The van der Waals surface area contributed by atoms with Gasteiger partial charge in [-0.15, -0.1) is 11.8 Å². The fraction of sp³-hybridized carbons (Fsp3) is 0.467. The number of aliphatic hydroxyl groups is 1. The Labute approximate surface area is 136 Å². The van der Waals surface area contributed by atoms with Gasteiger partial charge in [0.05, 0.1) is 17.7 Å². The third-order valence-corrected chi connectivity index (χ3v) is 5.13. The zero-order valence-electron chi connectivity index (χ0n) is 12.1. The van der Waals surface area contributed by atoms with Gasteiger partial charge >= 0.3 is 12.1 Å². The van der Waals surface area contributed by atoms with Crippen molar-refractivity contribution in [1.82, 2.24) is 0 Å². The number of rotatable bonds is 3. The van der Waals surface area contributed by atoms with Crippen molar-refractivity contribution in [3.63, 3.8) is 0 Å². The first-order chi connectivity index (χ1) is 11.0. The predicted molar refractivity (Wildman–Crippen MR) is 82.1 cm³/mol. The van der Waals surface area contributed by atoms with E-state index in [0.717, 1.165) is 17.1 Å². The molecule has 2 N–H and O–H groups in total. The van der Waals surface area contributed by atoms with Crippen molar-refractivity contribution in [2.24, 2.45) is 0 Å². The lowest BCUT2D eigenvalue weighted by Gasteiger charge is -2.26. The molecule has 0 spiro atoms. The van der Waals surface area contributed by atoms with Crippen LogP contribution in [0.4, 0.5) is 14.9 Å². The monoisotopic (exact) mass is 341 g/mol. The van der Waals surface area contributed by atoms with Crippen molar-refractivity contribution in [1.29, 1.82) is 0 Å². The summed E-state index contributed by atoms with van der Waals surface area (Å²) in [5, 5.41) is 18.6. The summed E-state index contributed by atoms with van der Waals surface area (Å²) in [7, 11) is 0. The molecule has 1 aromatic rings. The zero-order chi connectivity index (χ0) is 16.6. The van der Waals surface area contributed by atoms with Crippen LogP contribution in [-0.4, -0.2) is 46.1 Å². The minimum atomic E-state index is -1.24. The van der Waals surface area contributed by atoms with E-state index in [1.807, 2.05) is 0 Å². The Balaban J connectivity index is 1.79. The van der Waals surface area contributed by atoms with Crippen molar-refractivity contribution < 1.29 is 28.9 Å². The summed E-state index contributed by atoms with van der Waals surface area (Å²) in [6, 6.07) is 4.40. The average molecular weight is 341 g/mol. The topological polar surface area (TPSA) is 87.1 Å². The Morgan fingerprint density at radius 2 is 2.22 bits per heavy atom. The van der Waals surface area contributed by atoms with Gasteiger partial charge in [-0.05, 0) is 42.2 Å². The van der Waals surface area contributed by atoms with Crippen molar-refractivity contribution in [3.05, 3.63) is 29.6 Å². The molecule has 0 aliphatic carbocycles. The second kappa shape index (κ2) is 6.37. The molecule has 0 aromatic heterocycles. The number of amides is 1. The van der Waals surface area contributed by atoms with Gasteiger partial charge in [-0.3, -0.25) is 4.90 Å².